The maximum atomic E-state index is 12.6. The van der Waals surface area contributed by atoms with Crippen molar-refractivity contribution in [3.8, 4) is 0 Å². The third-order valence-corrected chi connectivity index (χ3v) is 4.16. The summed E-state index contributed by atoms with van der Waals surface area (Å²) in [5.41, 5.74) is 6.83. The Hall–Kier alpha value is -1.06. The minimum atomic E-state index is -0.195. The normalized spacial score (nSPS) is 23.8. The molecule has 1 aliphatic heterocycles. The second-order valence-electron chi connectivity index (χ2n) is 5.24. The first kappa shape index (κ1) is 16.0. The number of carbonyl (C=O) groups excluding carboxylic acids is 1. The van der Waals surface area contributed by atoms with Crippen molar-refractivity contribution < 1.29 is 4.79 Å². The van der Waals surface area contributed by atoms with Crippen LogP contribution in [0.1, 0.15) is 31.7 Å². The number of hydrogen-bond donors (Lipinski definition) is 1. The van der Waals surface area contributed by atoms with Gasteiger partial charge in [0.2, 0.25) is 5.91 Å². The van der Waals surface area contributed by atoms with Gasteiger partial charge < -0.3 is 10.6 Å². The monoisotopic (exact) mass is 282 g/mol. The minimum Gasteiger partial charge on any atom is -0.339 e. The van der Waals surface area contributed by atoms with E-state index >= 15 is 0 Å². The molecule has 1 aromatic rings. The number of halogens is 1. The number of likely N-dealkylation sites (tertiary alicyclic amines) is 1. The summed E-state index contributed by atoms with van der Waals surface area (Å²) < 4.78 is 0. The first-order valence-electron chi connectivity index (χ1n) is 6.70. The van der Waals surface area contributed by atoms with Gasteiger partial charge in [-0.2, -0.15) is 0 Å². The summed E-state index contributed by atoms with van der Waals surface area (Å²) in [7, 11) is 0. The fraction of sp³-hybridized carbons (Fsp3) is 0.533. The highest BCUT2D eigenvalue weighted by Gasteiger charge is 2.34. The molecule has 3 atom stereocenters. The van der Waals surface area contributed by atoms with Crippen LogP contribution in [-0.4, -0.2) is 29.9 Å². The Morgan fingerprint density at radius 3 is 2.47 bits per heavy atom. The molecule has 0 radical (unpaired) electrons. The molecule has 0 saturated carbocycles. The molecule has 2 N–H and O–H groups in total. The highest BCUT2D eigenvalue weighted by atomic mass is 35.5. The lowest BCUT2D eigenvalue weighted by atomic mass is 9.97. The van der Waals surface area contributed by atoms with Crippen molar-refractivity contribution in [1.82, 2.24) is 4.90 Å². The van der Waals surface area contributed by atoms with Crippen LogP contribution >= 0.6 is 12.4 Å². The molecule has 4 heteroatoms. The van der Waals surface area contributed by atoms with Gasteiger partial charge in [-0.25, -0.2) is 0 Å². The third-order valence-electron chi connectivity index (χ3n) is 4.16. The van der Waals surface area contributed by atoms with Gasteiger partial charge in [0.15, 0.2) is 0 Å². The maximum absolute atomic E-state index is 12.6. The van der Waals surface area contributed by atoms with E-state index in [1.54, 1.807) is 0 Å². The maximum Gasteiger partial charge on any atom is 0.231 e. The fourth-order valence-electron chi connectivity index (χ4n) is 2.67. The molecule has 1 heterocycles. The van der Waals surface area contributed by atoms with E-state index in [0.29, 0.717) is 18.5 Å². The van der Waals surface area contributed by atoms with E-state index < -0.39 is 0 Å². The average molecular weight is 283 g/mol. The SMILES string of the molecule is CC1CCN(C(=O)C(CN)c2ccccc2)C1C.Cl. The summed E-state index contributed by atoms with van der Waals surface area (Å²) in [6.07, 6.45) is 1.10. The number of rotatable bonds is 3. The fourth-order valence-corrected chi connectivity index (χ4v) is 2.67. The van der Waals surface area contributed by atoms with Gasteiger partial charge in [-0.3, -0.25) is 4.79 Å². The third kappa shape index (κ3) is 3.28. The molecule has 106 valence electrons. The minimum absolute atomic E-state index is 0. The number of carbonyl (C=O) groups is 1. The van der Waals surface area contributed by atoms with E-state index in [4.69, 9.17) is 5.73 Å². The van der Waals surface area contributed by atoms with Crippen LogP contribution < -0.4 is 5.73 Å². The van der Waals surface area contributed by atoms with Crippen LogP contribution in [0.15, 0.2) is 30.3 Å². The number of amides is 1. The molecule has 2 rings (SSSR count). The first-order chi connectivity index (χ1) is 8.65. The molecule has 1 amide bonds. The summed E-state index contributed by atoms with van der Waals surface area (Å²) in [4.78, 5) is 14.6. The Balaban J connectivity index is 0.00000180. The van der Waals surface area contributed by atoms with Crippen LogP contribution in [0.25, 0.3) is 0 Å². The van der Waals surface area contributed by atoms with Gasteiger partial charge in [-0.15, -0.1) is 12.4 Å². The summed E-state index contributed by atoms with van der Waals surface area (Å²) in [5, 5.41) is 0. The van der Waals surface area contributed by atoms with Gasteiger partial charge >= 0.3 is 0 Å². The second-order valence-corrected chi connectivity index (χ2v) is 5.24. The van der Waals surface area contributed by atoms with Crippen molar-refractivity contribution in [2.75, 3.05) is 13.1 Å². The molecule has 0 aromatic heterocycles. The Labute approximate surface area is 121 Å². The summed E-state index contributed by atoms with van der Waals surface area (Å²) in [6.45, 7) is 5.58. The van der Waals surface area contributed by atoms with Crippen LogP contribution in [0.4, 0.5) is 0 Å². The molecular formula is C15H23ClN2O. The highest BCUT2D eigenvalue weighted by Crippen LogP contribution is 2.27. The smallest absolute Gasteiger partial charge is 0.231 e. The van der Waals surface area contributed by atoms with E-state index in [1.807, 2.05) is 35.2 Å². The van der Waals surface area contributed by atoms with Crippen LogP contribution in [-0.2, 0) is 4.79 Å². The van der Waals surface area contributed by atoms with Gasteiger partial charge in [0.1, 0.15) is 0 Å². The molecule has 0 spiro atoms. The molecule has 1 aromatic carbocycles. The molecule has 0 aliphatic carbocycles. The predicted octanol–water partition coefficient (Wildman–Crippen LogP) is 2.41. The molecule has 1 fully saturated rings. The molecule has 0 bridgehead atoms. The molecule has 19 heavy (non-hydrogen) atoms. The van der Waals surface area contributed by atoms with Gasteiger partial charge in [-0.1, -0.05) is 37.3 Å². The van der Waals surface area contributed by atoms with E-state index in [2.05, 4.69) is 13.8 Å². The quantitative estimate of drug-likeness (QED) is 0.925. The average Bonchev–Trinajstić information content (AvgIpc) is 2.72. The van der Waals surface area contributed by atoms with Crippen molar-refractivity contribution in [3.05, 3.63) is 35.9 Å². The molecule has 3 nitrogen and oxygen atoms in total. The Kier molecular flexibility index (Phi) is 5.83. The highest BCUT2D eigenvalue weighted by molar-refractivity contribution is 5.85. The Bertz CT molecular complexity index is 410. The van der Waals surface area contributed by atoms with Crippen molar-refractivity contribution in [2.45, 2.75) is 32.2 Å². The van der Waals surface area contributed by atoms with Crippen molar-refractivity contribution >= 4 is 18.3 Å². The zero-order chi connectivity index (χ0) is 13.1. The summed E-state index contributed by atoms with van der Waals surface area (Å²) >= 11 is 0. The number of benzene rings is 1. The van der Waals surface area contributed by atoms with E-state index in [-0.39, 0.29) is 24.2 Å². The standard InChI is InChI=1S/C15H22N2O.ClH/c1-11-8-9-17(12(11)2)15(18)14(10-16)13-6-4-3-5-7-13;/h3-7,11-12,14H,8-10,16H2,1-2H3;1H. The first-order valence-corrected chi connectivity index (χ1v) is 6.70. The van der Waals surface area contributed by atoms with Crippen LogP contribution in [0.3, 0.4) is 0 Å². The Morgan fingerprint density at radius 1 is 1.37 bits per heavy atom. The van der Waals surface area contributed by atoms with Gasteiger partial charge in [0.25, 0.3) is 0 Å². The summed E-state index contributed by atoms with van der Waals surface area (Å²) in [6, 6.07) is 10.2. The van der Waals surface area contributed by atoms with E-state index in [0.717, 1.165) is 18.5 Å². The van der Waals surface area contributed by atoms with Crippen molar-refractivity contribution in [2.24, 2.45) is 11.7 Å². The predicted molar refractivity (Wildman–Crippen MR) is 80.4 cm³/mol. The zero-order valence-electron chi connectivity index (χ0n) is 11.6. The van der Waals surface area contributed by atoms with Crippen LogP contribution in [0.5, 0.6) is 0 Å². The molecule has 1 saturated heterocycles. The lowest BCUT2D eigenvalue weighted by Crippen LogP contribution is -2.40. The largest absolute Gasteiger partial charge is 0.339 e. The number of hydrogen-bond acceptors (Lipinski definition) is 2. The lowest BCUT2D eigenvalue weighted by molar-refractivity contribution is -0.133. The molecule has 1 aliphatic rings. The molecule has 3 unspecified atom stereocenters. The number of nitrogens with zero attached hydrogens (tertiary/aromatic N) is 1. The topological polar surface area (TPSA) is 46.3 Å². The summed E-state index contributed by atoms with van der Waals surface area (Å²) in [5.74, 6) is 0.572. The number of nitrogens with two attached hydrogens (primary N) is 1. The van der Waals surface area contributed by atoms with Crippen molar-refractivity contribution in [1.29, 1.82) is 0 Å². The Morgan fingerprint density at radius 2 is 2.00 bits per heavy atom. The van der Waals surface area contributed by atoms with E-state index in [9.17, 15) is 4.79 Å². The van der Waals surface area contributed by atoms with E-state index in [1.165, 1.54) is 0 Å². The van der Waals surface area contributed by atoms with Gasteiger partial charge in [0, 0.05) is 19.1 Å². The lowest BCUT2D eigenvalue weighted by Gasteiger charge is -2.27. The molecular weight excluding hydrogens is 260 g/mol. The van der Waals surface area contributed by atoms with Gasteiger partial charge in [0.05, 0.1) is 5.92 Å². The van der Waals surface area contributed by atoms with Gasteiger partial charge in [-0.05, 0) is 24.8 Å². The van der Waals surface area contributed by atoms with Crippen LogP contribution in [0.2, 0.25) is 0 Å². The zero-order valence-corrected chi connectivity index (χ0v) is 12.4. The van der Waals surface area contributed by atoms with Crippen LogP contribution in [0, 0.1) is 5.92 Å². The van der Waals surface area contributed by atoms with Crippen molar-refractivity contribution in [3.63, 3.8) is 0 Å². The second kappa shape index (κ2) is 6.92.